The quantitative estimate of drug-likeness (QED) is 0.883. The second-order valence-electron chi connectivity index (χ2n) is 4.64. The Balaban J connectivity index is 1.78. The molecule has 0 aromatic heterocycles. The summed E-state index contributed by atoms with van der Waals surface area (Å²) in [4.78, 5) is 0. The molecule has 2 aromatic rings. The molecule has 3 rings (SSSR count). The van der Waals surface area contributed by atoms with Gasteiger partial charge in [0.15, 0.2) is 0 Å². The summed E-state index contributed by atoms with van der Waals surface area (Å²) in [7, 11) is 0. The van der Waals surface area contributed by atoms with E-state index >= 15 is 0 Å². The van der Waals surface area contributed by atoms with Gasteiger partial charge in [-0.05, 0) is 35.7 Å². The van der Waals surface area contributed by atoms with E-state index in [0.717, 1.165) is 13.0 Å². The van der Waals surface area contributed by atoms with E-state index in [0.29, 0.717) is 17.3 Å². The topological polar surface area (TPSA) is 24.1 Å². The Morgan fingerprint density at radius 2 is 2.16 bits per heavy atom. The Morgan fingerprint density at radius 3 is 3.00 bits per heavy atom. The largest absolute Gasteiger partial charge is 0.384 e. The molecule has 0 unspecified atom stereocenters. The summed E-state index contributed by atoms with van der Waals surface area (Å²) in [6, 6.07) is 10.7. The molecule has 0 amide bonds. The molecule has 0 saturated heterocycles. The van der Waals surface area contributed by atoms with E-state index in [9.17, 15) is 4.39 Å². The van der Waals surface area contributed by atoms with Crippen molar-refractivity contribution in [2.24, 2.45) is 0 Å². The molecule has 0 saturated carbocycles. The minimum atomic E-state index is -0.327. The van der Waals surface area contributed by atoms with Gasteiger partial charge in [0, 0.05) is 29.5 Å². The van der Waals surface area contributed by atoms with Crippen molar-refractivity contribution in [2.75, 3.05) is 17.2 Å². The summed E-state index contributed by atoms with van der Waals surface area (Å²) in [5, 5.41) is 7.00. The summed E-state index contributed by atoms with van der Waals surface area (Å²) in [6.07, 6.45) is 1.06. The van der Waals surface area contributed by atoms with Gasteiger partial charge in [0.1, 0.15) is 5.82 Å². The number of anilines is 2. The van der Waals surface area contributed by atoms with Crippen molar-refractivity contribution in [2.45, 2.75) is 13.0 Å². The van der Waals surface area contributed by atoms with Gasteiger partial charge in [-0.2, -0.15) is 0 Å². The van der Waals surface area contributed by atoms with Crippen LogP contribution in [-0.2, 0) is 13.0 Å². The summed E-state index contributed by atoms with van der Waals surface area (Å²) in [5.74, 6) is -0.327. The number of hydrogen-bond acceptors (Lipinski definition) is 2. The number of para-hydroxylation sites is 1. The Kier molecular flexibility index (Phi) is 3.30. The standard InChI is InChI=1S/C15H14ClFN2/c16-12-6-13(17)8-14(7-12)19-9-11-3-1-2-10-4-5-18-15(10)11/h1-3,6-8,18-19H,4-5,9H2. The highest BCUT2D eigenvalue weighted by Crippen LogP contribution is 2.27. The number of fused-ring (bicyclic) bond motifs is 1. The molecule has 2 nitrogen and oxygen atoms in total. The van der Waals surface area contributed by atoms with Crippen molar-refractivity contribution >= 4 is 23.0 Å². The van der Waals surface area contributed by atoms with Gasteiger partial charge >= 0.3 is 0 Å². The predicted octanol–water partition coefficient (Wildman–Crippen LogP) is 4.06. The van der Waals surface area contributed by atoms with Crippen molar-refractivity contribution in [3.63, 3.8) is 0 Å². The average molecular weight is 277 g/mol. The van der Waals surface area contributed by atoms with Crippen LogP contribution in [0.25, 0.3) is 0 Å². The number of halogens is 2. The molecule has 19 heavy (non-hydrogen) atoms. The van der Waals surface area contributed by atoms with Crippen molar-refractivity contribution in [3.05, 3.63) is 58.4 Å². The molecule has 0 atom stereocenters. The van der Waals surface area contributed by atoms with Gasteiger partial charge in [0.05, 0.1) is 0 Å². The maximum atomic E-state index is 13.2. The first-order chi connectivity index (χ1) is 9.22. The summed E-state index contributed by atoms with van der Waals surface area (Å²) < 4.78 is 13.2. The number of rotatable bonds is 3. The Morgan fingerprint density at radius 1 is 1.26 bits per heavy atom. The van der Waals surface area contributed by atoms with E-state index < -0.39 is 0 Å². The van der Waals surface area contributed by atoms with Crippen LogP contribution in [0.3, 0.4) is 0 Å². The lowest BCUT2D eigenvalue weighted by molar-refractivity contribution is 0.628. The normalized spacial score (nSPS) is 12.9. The maximum Gasteiger partial charge on any atom is 0.126 e. The highest BCUT2D eigenvalue weighted by Gasteiger charge is 2.13. The SMILES string of the molecule is Fc1cc(Cl)cc(NCc2cccc3c2NCC3)c1. The average Bonchev–Trinajstić information content (AvgIpc) is 2.83. The lowest BCUT2D eigenvalue weighted by Gasteiger charge is -2.11. The van der Waals surface area contributed by atoms with E-state index in [-0.39, 0.29) is 5.82 Å². The van der Waals surface area contributed by atoms with Crippen LogP contribution in [0.5, 0.6) is 0 Å². The molecule has 0 fully saturated rings. The molecule has 1 aliphatic heterocycles. The molecule has 0 aliphatic carbocycles. The molecule has 2 N–H and O–H groups in total. The smallest absolute Gasteiger partial charge is 0.126 e. The maximum absolute atomic E-state index is 13.2. The van der Waals surface area contributed by atoms with Crippen LogP contribution in [-0.4, -0.2) is 6.54 Å². The Bertz CT molecular complexity index is 593. The van der Waals surface area contributed by atoms with Crippen LogP contribution < -0.4 is 10.6 Å². The second kappa shape index (κ2) is 5.10. The van der Waals surface area contributed by atoms with E-state index in [1.165, 1.54) is 28.9 Å². The minimum Gasteiger partial charge on any atom is -0.384 e. The van der Waals surface area contributed by atoms with Gasteiger partial charge in [-0.3, -0.25) is 0 Å². The molecular formula is C15H14ClFN2. The highest BCUT2D eigenvalue weighted by molar-refractivity contribution is 6.30. The summed E-state index contributed by atoms with van der Waals surface area (Å²) in [5.41, 5.74) is 4.44. The zero-order chi connectivity index (χ0) is 13.2. The fraction of sp³-hybridized carbons (Fsp3) is 0.200. The first kappa shape index (κ1) is 12.3. The Hall–Kier alpha value is -1.74. The van der Waals surface area contributed by atoms with Gasteiger partial charge in [-0.1, -0.05) is 29.8 Å². The molecule has 0 spiro atoms. The van der Waals surface area contributed by atoms with Crippen molar-refractivity contribution in [3.8, 4) is 0 Å². The van der Waals surface area contributed by atoms with Crippen molar-refractivity contribution < 1.29 is 4.39 Å². The molecule has 2 aromatic carbocycles. The fourth-order valence-corrected chi connectivity index (χ4v) is 2.63. The summed E-state index contributed by atoms with van der Waals surface area (Å²) >= 11 is 5.83. The number of nitrogens with one attached hydrogen (secondary N) is 2. The van der Waals surface area contributed by atoms with Crippen LogP contribution >= 0.6 is 11.6 Å². The van der Waals surface area contributed by atoms with E-state index in [2.05, 4.69) is 28.8 Å². The second-order valence-corrected chi connectivity index (χ2v) is 5.08. The lowest BCUT2D eigenvalue weighted by Crippen LogP contribution is -2.03. The minimum absolute atomic E-state index is 0.327. The van der Waals surface area contributed by atoms with E-state index in [4.69, 9.17) is 11.6 Å². The van der Waals surface area contributed by atoms with Crippen molar-refractivity contribution in [1.29, 1.82) is 0 Å². The molecule has 0 radical (unpaired) electrons. The van der Waals surface area contributed by atoms with Crippen LogP contribution in [0.2, 0.25) is 5.02 Å². The third-order valence-corrected chi connectivity index (χ3v) is 3.50. The molecule has 1 heterocycles. The fourth-order valence-electron chi connectivity index (χ4n) is 2.41. The Labute approximate surface area is 116 Å². The van der Waals surface area contributed by atoms with Crippen molar-refractivity contribution in [1.82, 2.24) is 0 Å². The van der Waals surface area contributed by atoms with Crippen LogP contribution in [0.15, 0.2) is 36.4 Å². The van der Waals surface area contributed by atoms with Gasteiger partial charge in [-0.25, -0.2) is 4.39 Å². The van der Waals surface area contributed by atoms with Crippen LogP contribution in [0.4, 0.5) is 15.8 Å². The number of hydrogen-bond donors (Lipinski definition) is 2. The predicted molar refractivity (Wildman–Crippen MR) is 77.4 cm³/mol. The zero-order valence-corrected chi connectivity index (χ0v) is 11.1. The van der Waals surface area contributed by atoms with Gasteiger partial charge < -0.3 is 10.6 Å². The zero-order valence-electron chi connectivity index (χ0n) is 10.3. The van der Waals surface area contributed by atoms with Gasteiger partial charge in [0.25, 0.3) is 0 Å². The molecule has 98 valence electrons. The third-order valence-electron chi connectivity index (χ3n) is 3.28. The van der Waals surface area contributed by atoms with Crippen LogP contribution in [0, 0.1) is 5.82 Å². The summed E-state index contributed by atoms with van der Waals surface area (Å²) in [6.45, 7) is 1.63. The van der Waals surface area contributed by atoms with Gasteiger partial charge in [-0.15, -0.1) is 0 Å². The third kappa shape index (κ3) is 2.66. The van der Waals surface area contributed by atoms with E-state index in [1.807, 2.05) is 0 Å². The molecule has 0 bridgehead atoms. The van der Waals surface area contributed by atoms with Crippen LogP contribution in [0.1, 0.15) is 11.1 Å². The molecule has 4 heteroatoms. The van der Waals surface area contributed by atoms with Gasteiger partial charge in [0.2, 0.25) is 0 Å². The lowest BCUT2D eigenvalue weighted by atomic mass is 10.1. The first-order valence-electron chi connectivity index (χ1n) is 6.27. The molecular weight excluding hydrogens is 263 g/mol. The highest BCUT2D eigenvalue weighted by atomic mass is 35.5. The number of benzene rings is 2. The molecule has 1 aliphatic rings. The first-order valence-corrected chi connectivity index (χ1v) is 6.65. The van der Waals surface area contributed by atoms with E-state index in [1.54, 1.807) is 6.07 Å². The monoisotopic (exact) mass is 276 g/mol.